The van der Waals surface area contributed by atoms with Gasteiger partial charge in [0.15, 0.2) is 0 Å². The van der Waals surface area contributed by atoms with Crippen LogP contribution in [-0.4, -0.2) is 34.9 Å². The van der Waals surface area contributed by atoms with E-state index in [1.165, 1.54) is 6.92 Å². The fraction of sp³-hybridized carbons (Fsp3) is 0.190. The summed E-state index contributed by atoms with van der Waals surface area (Å²) in [7, 11) is 0. The maximum atomic E-state index is 12.0. The normalized spacial score (nSPS) is 10.3. The number of carbonyl (C=O) groups is 2. The van der Waals surface area contributed by atoms with Crippen LogP contribution in [0.25, 0.3) is 5.69 Å². The second-order valence-corrected chi connectivity index (χ2v) is 6.87. The zero-order chi connectivity index (χ0) is 21.3. The van der Waals surface area contributed by atoms with Crippen LogP contribution in [0.15, 0.2) is 60.9 Å². The molecule has 0 bridgehead atoms. The van der Waals surface area contributed by atoms with Gasteiger partial charge in [0.05, 0.1) is 18.4 Å². The number of amides is 3. The van der Waals surface area contributed by atoms with Crippen LogP contribution in [0.1, 0.15) is 12.5 Å². The molecule has 0 unspecified atom stereocenters. The van der Waals surface area contributed by atoms with Gasteiger partial charge in [-0.15, -0.1) is 0 Å². The van der Waals surface area contributed by atoms with E-state index in [-0.39, 0.29) is 11.9 Å². The topological polar surface area (TPSA) is 97.3 Å². The van der Waals surface area contributed by atoms with Crippen LogP contribution in [0.3, 0.4) is 0 Å². The second kappa shape index (κ2) is 10.3. The monoisotopic (exact) mass is 427 g/mol. The molecule has 3 rings (SSSR count). The Morgan fingerprint density at radius 3 is 2.70 bits per heavy atom. The Morgan fingerprint density at radius 1 is 1.13 bits per heavy atom. The van der Waals surface area contributed by atoms with Crippen LogP contribution in [0.4, 0.5) is 10.5 Å². The summed E-state index contributed by atoms with van der Waals surface area (Å²) >= 11 is 5.89. The number of anilines is 1. The quantitative estimate of drug-likeness (QED) is 0.480. The number of nitrogens with one attached hydrogen (secondary N) is 3. The van der Waals surface area contributed by atoms with Crippen LogP contribution in [0.2, 0.25) is 5.02 Å². The minimum Gasteiger partial charge on any atom is -0.492 e. The predicted molar refractivity (Wildman–Crippen MR) is 115 cm³/mol. The molecule has 1 aromatic heterocycles. The lowest BCUT2D eigenvalue weighted by Gasteiger charge is -2.10. The molecule has 0 radical (unpaired) electrons. The van der Waals surface area contributed by atoms with Crippen molar-refractivity contribution in [2.24, 2.45) is 0 Å². The number of aromatic nitrogens is 2. The van der Waals surface area contributed by atoms with E-state index in [1.807, 2.05) is 18.3 Å². The van der Waals surface area contributed by atoms with Gasteiger partial charge in [-0.3, -0.25) is 4.79 Å². The van der Waals surface area contributed by atoms with E-state index in [9.17, 15) is 9.59 Å². The highest BCUT2D eigenvalue weighted by molar-refractivity contribution is 6.30. The van der Waals surface area contributed by atoms with Crippen molar-refractivity contribution in [1.29, 1.82) is 0 Å². The summed E-state index contributed by atoms with van der Waals surface area (Å²) in [6.45, 7) is 2.42. The van der Waals surface area contributed by atoms with Gasteiger partial charge in [-0.05, 0) is 36.4 Å². The third-order valence-electron chi connectivity index (χ3n) is 3.99. The van der Waals surface area contributed by atoms with Gasteiger partial charge in [-0.25, -0.2) is 9.48 Å². The minimum absolute atomic E-state index is 0.149. The predicted octanol–water partition coefficient (Wildman–Crippen LogP) is 3.36. The third kappa shape index (κ3) is 6.52. The molecular formula is C21H22ClN5O3. The average molecular weight is 428 g/mol. The Labute approximate surface area is 179 Å². The van der Waals surface area contributed by atoms with Gasteiger partial charge in [0.1, 0.15) is 12.4 Å². The Morgan fingerprint density at radius 2 is 1.93 bits per heavy atom. The zero-order valence-corrected chi connectivity index (χ0v) is 17.1. The second-order valence-electron chi connectivity index (χ2n) is 6.44. The lowest BCUT2D eigenvalue weighted by atomic mass is 10.3. The molecule has 0 aliphatic carbocycles. The highest BCUT2D eigenvalue weighted by atomic mass is 35.5. The molecule has 0 saturated heterocycles. The fourth-order valence-electron chi connectivity index (χ4n) is 2.63. The molecule has 0 aliphatic rings. The maximum Gasteiger partial charge on any atom is 0.315 e. The number of hydrogen-bond acceptors (Lipinski definition) is 4. The van der Waals surface area contributed by atoms with E-state index in [1.54, 1.807) is 47.3 Å². The van der Waals surface area contributed by atoms with E-state index in [0.29, 0.717) is 36.2 Å². The van der Waals surface area contributed by atoms with Crippen LogP contribution in [0, 0.1) is 0 Å². The summed E-state index contributed by atoms with van der Waals surface area (Å²) in [5, 5.41) is 13.1. The Balaban J connectivity index is 1.37. The molecule has 0 saturated carbocycles. The van der Waals surface area contributed by atoms with Crippen molar-refractivity contribution in [2.45, 2.75) is 13.5 Å². The highest BCUT2D eigenvalue weighted by Crippen LogP contribution is 2.17. The molecule has 9 heteroatoms. The average Bonchev–Trinajstić information content (AvgIpc) is 3.19. The van der Waals surface area contributed by atoms with Gasteiger partial charge in [-0.2, -0.15) is 5.10 Å². The number of urea groups is 1. The summed E-state index contributed by atoms with van der Waals surface area (Å²) in [6.07, 6.45) is 3.54. The van der Waals surface area contributed by atoms with E-state index in [0.717, 1.165) is 11.3 Å². The number of carbonyl (C=O) groups excluding carboxylic acids is 2. The first kappa shape index (κ1) is 21.2. The van der Waals surface area contributed by atoms with Gasteiger partial charge in [0.25, 0.3) is 0 Å². The Bertz CT molecular complexity index is 1000. The highest BCUT2D eigenvalue weighted by Gasteiger charge is 2.04. The van der Waals surface area contributed by atoms with Gasteiger partial charge in [-0.1, -0.05) is 17.7 Å². The molecule has 0 fully saturated rings. The van der Waals surface area contributed by atoms with Crippen molar-refractivity contribution < 1.29 is 14.3 Å². The molecule has 0 aliphatic heterocycles. The number of hydrogen-bond donors (Lipinski definition) is 3. The van der Waals surface area contributed by atoms with Crippen molar-refractivity contribution in [1.82, 2.24) is 20.4 Å². The Hall–Kier alpha value is -3.52. The number of rotatable bonds is 8. The number of benzene rings is 2. The number of nitrogens with zero attached hydrogens (tertiary/aromatic N) is 2. The molecule has 1 heterocycles. The maximum absolute atomic E-state index is 12.0. The molecule has 3 aromatic rings. The Kier molecular flexibility index (Phi) is 7.29. The zero-order valence-electron chi connectivity index (χ0n) is 16.4. The molecule has 0 atom stereocenters. The summed E-state index contributed by atoms with van der Waals surface area (Å²) in [5.41, 5.74) is 2.41. The largest absolute Gasteiger partial charge is 0.492 e. The van der Waals surface area contributed by atoms with Crippen molar-refractivity contribution in [3.05, 3.63) is 71.5 Å². The molecular weight excluding hydrogens is 406 g/mol. The minimum atomic E-state index is -0.301. The first-order valence-corrected chi connectivity index (χ1v) is 9.69. The molecule has 0 spiro atoms. The van der Waals surface area contributed by atoms with Gasteiger partial charge in [0.2, 0.25) is 5.91 Å². The van der Waals surface area contributed by atoms with E-state index in [4.69, 9.17) is 16.3 Å². The van der Waals surface area contributed by atoms with Crippen molar-refractivity contribution in [3.63, 3.8) is 0 Å². The molecule has 156 valence electrons. The van der Waals surface area contributed by atoms with E-state index >= 15 is 0 Å². The molecule has 3 amide bonds. The van der Waals surface area contributed by atoms with Crippen LogP contribution >= 0.6 is 11.6 Å². The van der Waals surface area contributed by atoms with Crippen LogP contribution < -0.4 is 20.7 Å². The number of halogens is 1. The first-order valence-electron chi connectivity index (χ1n) is 9.31. The number of ether oxygens (including phenoxy) is 1. The van der Waals surface area contributed by atoms with Gasteiger partial charge >= 0.3 is 6.03 Å². The van der Waals surface area contributed by atoms with E-state index in [2.05, 4.69) is 21.0 Å². The fourth-order valence-corrected chi connectivity index (χ4v) is 2.76. The lowest BCUT2D eigenvalue weighted by Crippen LogP contribution is -2.37. The van der Waals surface area contributed by atoms with Crippen molar-refractivity contribution in [3.8, 4) is 11.4 Å². The van der Waals surface area contributed by atoms with E-state index < -0.39 is 0 Å². The third-order valence-corrected chi connectivity index (χ3v) is 4.24. The standard InChI is InChI=1S/C21H22ClN5O3/c1-15(28)26-18-3-2-4-20(11-18)30-10-9-23-21(29)24-12-16-13-25-27(14-16)19-7-5-17(22)6-8-19/h2-8,11,13-14H,9-10,12H2,1H3,(H,26,28)(H2,23,24,29). The lowest BCUT2D eigenvalue weighted by molar-refractivity contribution is -0.114. The summed E-state index contributed by atoms with van der Waals surface area (Å²) < 4.78 is 7.30. The molecule has 3 N–H and O–H groups in total. The SMILES string of the molecule is CC(=O)Nc1cccc(OCCNC(=O)NCc2cnn(-c3ccc(Cl)cc3)c2)c1. The van der Waals surface area contributed by atoms with Crippen molar-refractivity contribution in [2.75, 3.05) is 18.5 Å². The van der Waals surface area contributed by atoms with Crippen LogP contribution in [-0.2, 0) is 11.3 Å². The van der Waals surface area contributed by atoms with Crippen LogP contribution in [0.5, 0.6) is 5.75 Å². The summed E-state index contributed by atoms with van der Waals surface area (Å²) in [5.74, 6) is 0.460. The smallest absolute Gasteiger partial charge is 0.315 e. The molecule has 30 heavy (non-hydrogen) atoms. The molecule has 8 nitrogen and oxygen atoms in total. The van der Waals surface area contributed by atoms with Crippen molar-refractivity contribution >= 4 is 29.2 Å². The first-order chi connectivity index (χ1) is 14.5. The summed E-state index contributed by atoms with van der Waals surface area (Å²) in [4.78, 5) is 23.0. The van der Waals surface area contributed by atoms with Gasteiger partial charge in [0, 0.05) is 42.0 Å². The summed E-state index contributed by atoms with van der Waals surface area (Å²) in [6, 6.07) is 14.1. The molecule has 2 aromatic carbocycles. The van der Waals surface area contributed by atoms with Gasteiger partial charge < -0.3 is 20.7 Å².